The van der Waals surface area contributed by atoms with Gasteiger partial charge in [0, 0.05) is 11.1 Å². The Morgan fingerprint density at radius 1 is 1.26 bits per heavy atom. The molecule has 2 aromatic rings. The minimum absolute atomic E-state index is 0.00351. The highest BCUT2D eigenvalue weighted by molar-refractivity contribution is 5.96. The Balaban J connectivity index is 2.44. The quantitative estimate of drug-likeness (QED) is 0.311. The molecular formula is C12H11N5O2. The fraction of sp³-hybridized carbons (Fsp3) is 0. The van der Waals surface area contributed by atoms with Crippen LogP contribution in [0.1, 0.15) is 20.8 Å². The zero-order valence-electron chi connectivity index (χ0n) is 9.83. The van der Waals surface area contributed by atoms with E-state index in [2.05, 4.69) is 9.97 Å². The molecule has 1 heterocycles. The molecule has 7 heteroatoms. The van der Waals surface area contributed by atoms with Crippen LogP contribution in [-0.4, -0.2) is 22.2 Å². The van der Waals surface area contributed by atoms with E-state index in [1.54, 1.807) is 24.3 Å². The molecule has 0 unspecified atom stereocenters. The van der Waals surface area contributed by atoms with Gasteiger partial charge < -0.3 is 5.73 Å². The average Bonchev–Trinajstić information content (AvgIpc) is 2.47. The molecule has 0 aliphatic carbocycles. The van der Waals surface area contributed by atoms with E-state index in [0.29, 0.717) is 16.8 Å². The number of hydrogen-bond acceptors (Lipinski definition) is 6. The monoisotopic (exact) mass is 257 g/mol. The van der Waals surface area contributed by atoms with Crippen molar-refractivity contribution in [3.63, 3.8) is 0 Å². The Morgan fingerprint density at radius 2 is 1.95 bits per heavy atom. The van der Waals surface area contributed by atoms with Crippen molar-refractivity contribution >= 4 is 18.0 Å². The highest BCUT2D eigenvalue weighted by Gasteiger charge is 2.13. The molecule has 7 nitrogen and oxygen atoms in total. The van der Waals surface area contributed by atoms with Crippen LogP contribution in [0, 0.1) is 0 Å². The third-order valence-corrected chi connectivity index (χ3v) is 2.49. The number of benzene rings is 1. The van der Waals surface area contributed by atoms with Gasteiger partial charge in [-0.25, -0.2) is 15.8 Å². The number of hydrazine groups is 1. The zero-order valence-corrected chi connectivity index (χ0v) is 9.83. The number of nitrogen functional groups attached to an aromatic ring is 2. The Hall–Kier alpha value is -2.80. The number of aldehydes is 1. The molecule has 0 aliphatic heterocycles. The molecular weight excluding hydrogens is 246 g/mol. The van der Waals surface area contributed by atoms with Crippen LogP contribution < -0.4 is 17.0 Å². The summed E-state index contributed by atoms with van der Waals surface area (Å²) in [7, 11) is 0. The second-order valence-electron chi connectivity index (χ2n) is 3.70. The van der Waals surface area contributed by atoms with E-state index in [0.717, 1.165) is 6.29 Å². The second-order valence-corrected chi connectivity index (χ2v) is 3.70. The fourth-order valence-electron chi connectivity index (χ4n) is 1.51. The number of amides is 1. The van der Waals surface area contributed by atoms with Crippen LogP contribution >= 0.6 is 0 Å². The highest BCUT2D eigenvalue weighted by atomic mass is 16.2. The minimum Gasteiger partial charge on any atom is -0.382 e. The number of carbonyl (C=O) groups excluding carboxylic acids is 2. The molecule has 0 atom stereocenters. The molecule has 2 rings (SSSR count). The lowest BCUT2D eigenvalue weighted by molar-refractivity contribution is 0.0949. The van der Waals surface area contributed by atoms with Gasteiger partial charge in [-0.05, 0) is 0 Å². The van der Waals surface area contributed by atoms with E-state index in [9.17, 15) is 9.59 Å². The summed E-state index contributed by atoms with van der Waals surface area (Å²) in [5, 5.41) is 0. The van der Waals surface area contributed by atoms with Crippen molar-refractivity contribution in [2.45, 2.75) is 0 Å². The summed E-state index contributed by atoms with van der Waals surface area (Å²) in [4.78, 5) is 30.0. The van der Waals surface area contributed by atoms with E-state index < -0.39 is 5.91 Å². The Kier molecular flexibility index (Phi) is 3.48. The standard InChI is InChI=1S/C12H11N5O2/c13-11-10(12(19)17-14)16-9(5-15-11)8-3-1-7(6-18)2-4-8/h1-6H,14H2,(H2,13,15)(H,17,19). The first kappa shape index (κ1) is 12.7. The molecule has 0 saturated carbocycles. The summed E-state index contributed by atoms with van der Waals surface area (Å²) in [5.41, 5.74) is 9.19. The lowest BCUT2D eigenvalue weighted by Gasteiger charge is -2.06. The van der Waals surface area contributed by atoms with Gasteiger partial charge in [-0.2, -0.15) is 0 Å². The third-order valence-electron chi connectivity index (χ3n) is 2.49. The molecule has 0 fully saturated rings. The van der Waals surface area contributed by atoms with Gasteiger partial charge in [0.15, 0.2) is 11.5 Å². The van der Waals surface area contributed by atoms with Gasteiger partial charge in [-0.3, -0.25) is 15.0 Å². The summed E-state index contributed by atoms with van der Waals surface area (Å²) in [6.45, 7) is 0. The largest absolute Gasteiger partial charge is 0.382 e. The second kappa shape index (κ2) is 5.23. The fourth-order valence-corrected chi connectivity index (χ4v) is 1.51. The minimum atomic E-state index is -0.614. The van der Waals surface area contributed by atoms with Crippen LogP contribution in [-0.2, 0) is 0 Å². The molecule has 0 bridgehead atoms. The lowest BCUT2D eigenvalue weighted by Crippen LogP contribution is -2.31. The molecule has 1 amide bonds. The van der Waals surface area contributed by atoms with E-state index in [4.69, 9.17) is 11.6 Å². The van der Waals surface area contributed by atoms with Gasteiger partial charge in [0.05, 0.1) is 11.9 Å². The molecule has 0 radical (unpaired) electrons. The van der Waals surface area contributed by atoms with Crippen LogP contribution in [0.2, 0.25) is 0 Å². The number of carbonyl (C=O) groups is 2. The predicted molar refractivity (Wildman–Crippen MR) is 68.9 cm³/mol. The summed E-state index contributed by atoms with van der Waals surface area (Å²) >= 11 is 0. The summed E-state index contributed by atoms with van der Waals surface area (Å²) in [5.74, 6) is 4.42. The van der Waals surface area contributed by atoms with Crippen LogP contribution in [0.4, 0.5) is 5.82 Å². The third kappa shape index (κ3) is 2.55. The van der Waals surface area contributed by atoms with Crippen LogP contribution in [0.25, 0.3) is 11.3 Å². The molecule has 96 valence electrons. The average molecular weight is 257 g/mol. The maximum absolute atomic E-state index is 11.5. The maximum Gasteiger partial charge on any atom is 0.287 e. The highest BCUT2D eigenvalue weighted by Crippen LogP contribution is 2.18. The zero-order chi connectivity index (χ0) is 13.8. The smallest absolute Gasteiger partial charge is 0.287 e. The Labute approximate surface area is 108 Å². The summed E-state index contributed by atoms with van der Waals surface area (Å²) in [6.07, 6.45) is 2.18. The maximum atomic E-state index is 11.5. The molecule has 5 N–H and O–H groups in total. The van der Waals surface area contributed by atoms with Crippen molar-refractivity contribution in [2.75, 3.05) is 5.73 Å². The first-order valence-electron chi connectivity index (χ1n) is 5.34. The number of aromatic nitrogens is 2. The summed E-state index contributed by atoms with van der Waals surface area (Å²) in [6, 6.07) is 6.69. The van der Waals surface area contributed by atoms with E-state index in [-0.39, 0.29) is 11.5 Å². The normalized spacial score (nSPS) is 9.95. The van der Waals surface area contributed by atoms with E-state index in [1.807, 2.05) is 5.43 Å². The summed E-state index contributed by atoms with van der Waals surface area (Å²) < 4.78 is 0. The van der Waals surface area contributed by atoms with E-state index in [1.165, 1.54) is 6.20 Å². The van der Waals surface area contributed by atoms with Crippen molar-refractivity contribution in [3.8, 4) is 11.3 Å². The molecule has 0 saturated heterocycles. The molecule has 1 aromatic carbocycles. The number of nitrogens with zero attached hydrogens (tertiary/aromatic N) is 2. The molecule has 0 spiro atoms. The van der Waals surface area contributed by atoms with E-state index >= 15 is 0 Å². The predicted octanol–water partition coefficient (Wildman–Crippen LogP) is 0.142. The van der Waals surface area contributed by atoms with Crippen LogP contribution in [0.5, 0.6) is 0 Å². The number of hydrogen-bond donors (Lipinski definition) is 3. The van der Waals surface area contributed by atoms with Crippen molar-refractivity contribution in [3.05, 3.63) is 41.7 Å². The SMILES string of the molecule is NNC(=O)c1nc(-c2ccc(C=O)cc2)cnc1N. The van der Waals surface area contributed by atoms with Crippen LogP contribution in [0.3, 0.4) is 0 Å². The Bertz CT molecular complexity index is 625. The first-order chi connectivity index (χ1) is 9.15. The van der Waals surface area contributed by atoms with Gasteiger partial charge >= 0.3 is 0 Å². The number of nitrogens with two attached hydrogens (primary N) is 2. The lowest BCUT2D eigenvalue weighted by atomic mass is 10.1. The van der Waals surface area contributed by atoms with Crippen molar-refractivity contribution in [1.82, 2.24) is 15.4 Å². The Morgan fingerprint density at radius 3 is 2.53 bits per heavy atom. The van der Waals surface area contributed by atoms with Crippen molar-refractivity contribution in [1.29, 1.82) is 0 Å². The number of nitrogens with one attached hydrogen (secondary N) is 1. The van der Waals surface area contributed by atoms with Gasteiger partial charge in [0.2, 0.25) is 0 Å². The number of rotatable bonds is 3. The molecule has 1 aromatic heterocycles. The number of anilines is 1. The van der Waals surface area contributed by atoms with Gasteiger partial charge in [-0.1, -0.05) is 24.3 Å². The van der Waals surface area contributed by atoms with Crippen LogP contribution in [0.15, 0.2) is 30.5 Å². The first-order valence-corrected chi connectivity index (χ1v) is 5.34. The van der Waals surface area contributed by atoms with Gasteiger partial charge in [0.1, 0.15) is 6.29 Å². The molecule has 0 aliphatic rings. The topological polar surface area (TPSA) is 124 Å². The molecule has 19 heavy (non-hydrogen) atoms. The van der Waals surface area contributed by atoms with Gasteiger partial charge in [0.25, 0.3) is 5.91 Å². The van der Waals surface area contributed by atoms with Gasteiger partial charge in [-0.15, -0.1) is 0 Å². The van der Waals surface area contributed by atoms with Crippen molar-refractivity contribution < 1.29 is 9.59 Å². The van der Waals surface area contributed by atoms with Crippen molar-refractivity contribution in [2.24, 2.45) is 5.84 Å².